The van der Waals surface area contributed by atoms with Crippen LogP contribution in [0.3, 0.4) is 0 Å². The number of hydrogen-bond donors (Lipinski definition) is 2. The molecular weight excluding hydrogens is 294 g/mol. The molecule has 126 valence electrons. The van der Waals surface area contributed by atoms with Crippen LogP contribution < -0.4 is 5.32 Å². The Balaban J connectivity index is 1.72. The number of aromatic nitrogens is 4. The van der Waals surface area contributed by atoms with Crippen molar-refractivity contribution in [3.63, 3.8) is 0 Å². The molecule has 7 nitrogen and oxygen atoms in total. The Morgan fingerprint density at radius 3 is 2.96 bits per heavy atom. The van der Waals surface area contributed by atoms with Crippen LogP contribution in [0, 0.1) is 19.8 Å². The van der Waals surface area contributed by atoms with Crippen LogP contribution in [-0.4, -0.2) is 44.4 Å². The Labute approximate surface area is 136 Å². The summed E-state index contributed by atoms with van der Waals surface area (Å²) >= 11 is 0. The first-order chi connectivity index (χ1) is 11.1. The molecule has 2 N–H and O–H groups in total. The van der Waals surface area contributed by atoms with Crippen molar-refractivity contribution in [2.24, 2.45) is 13.0 Å². The third kappa shape index (κ3) is 3.11. The van der Waals surface area contributed by atoms with Crippen molar-refractivity contribution in [1.29, 1.82) is 0 Å². The third-order valence-electron chi connectivity index (χ3n) is 4.63. The fourth-order valence-electron chi connectivity index (χ4n) is 3.21. The average molecular weight is 319 g/mol. The highest BCUT2D eigenvalue weighted by molar-refractivity contribution is 5.46. The zero-order chi connectivity index (χ0) is 16.4. The van der Waals surface area contributed by atoms with E-state index < -0.39 is 0 Å². The summed E-state index contributed by atoms with van der Waals surface area (Å²) < 4.78 is 9.66. The lowest BCUT2D eigenvalue weighted by molar-refractivity contribution is 0.0866. The first-order valence-corrected chi connectivity index (χ1v) is 8.10. The normalized spacial score (nSPS) is 21.0. The van der Waals surface area contributed by atoms with E-state index in [9.17, 15) is 5.11 Å². The Morgan fingerprint density at radius 1 is 1.43 bits per heavy atom. The van der Waals surface area contributed by atoms with Crippen molar-refractivity contribution < 1.29 is 9.84 Å². The van der Waals surface area contributed by atoms with Gasteiger partial charge in [-0.2, -0.15) is 10.2 Å². The van der Waals surface area contributed by atoms with Gasteiger partial charge in [-0.15, -0.1) is 0 Å². The molecule has 0 aromatic carbocycles. The molecule has 0 bridgehead atoms. The Bertz CT molecular complexity index is 663. The van der Waals surface area contributed by atoms with Gasteiger partial charge in [-0.25, -0.2) is 4.68 Å². The van der Waals surface area contributed by atoms with E-state index in [0.29, 0.717) is 12.5 Å². The smallest absolute Gasteiger partial charge is 0.127 e. The van der Waals surface area contributed by atoms with E-state index >= 15 is 0 Å². The van der Waals surface area contributed by atoms with E-state index in [1.807, 2.05) is 35.6 Å². The number of anilines is 1. The molecule has 3 heterocycles. The maximum atomic E-state index is 9.20. The first kappa shape index (κ1) is 16.0. The number of nitrogens with one attached hydrogen (secondary N) is 1. The molecule has 23 heavy (non-hydrogen) atoms. The summed E-state index contributed by atoms with van der Waals surface area (Å²) in [6, 6.07) is 2.02. The van der Waals surface area contributed by atoms with Gasteiger partial charge >= 0.3 is 0 Å². The lowest BCUT2D eigenvalue weighted by atomic mass is 9.99. The van der Waals surface area contributed by atoms with Gasteiger partial charge in [-0.05, 0) is 26.3 Å². The van der Waals surface area contributed by atoms with Crippen LogP contribution in [0.4, 0.5) is 5.82 Å². The fourth-order valence-corrected chi connectivity index (χ4v) is 3.21. The number of ether oxygens (including phenoxy) is 1. The van der Waals surface area contributed by atoms with Gasteiger partial charge in [0.25, 0.3) is 0 Å². The van der Waals surface area contributed by atoms with Crippen molar-refractivity contribution in [1.82, 2.24) is 19.6 Å². The second-order valence-electron chi connectivity index (χ2n) is 6.11. The highest BCUT2D eigenvalue weighted by atomic mass is 16.5. The van der Waals surface area contributed by atoms with Crippen LogP contribution in [0.2, 0.25) is 0 Å². The SMILES string of the molecule is Cc1nn(CCO)c(NC[C@@H]2CCO[C@H]2c2ccnn2C)c1C. The van der Waals surface area contributed by atoms with E-state index in [4.69, 9.17) is 4.74 Å². The van der Waals surface area contributed by atoms with Crippen molar-refractivity contribution in [3.05, 3.63) is 29.2 Å². The minimum atomic E-state index is 0.0746. The maximum absolute atomic E-state index is 9.20. The van der Waals surface area contributed by atoms with E-state index in [2.05, 4.69) is 22.4 Å². The minimum absolute atomic E-state index is 0.0746. The summed E-state index contributed by atoms with van der Waals surface area (Å²) in [6.07, 6.45) is 2.91. The van der Waals surface area contributed by atoms with Crippen LogP contribution >= 0.6 is 0 Å². The highest BCUT2D eigenvalue weighted by Crippen LogP contribution is 2.34. The molecular formula is C16H25N5O2. The molecule has 0 amide bonds. The number of hydrogen-bond acceptors (Lipinski definition) is 5. The molecule has 2 atom stereocenters. The summed E-state index contributed by atoms with van der Waals surface area (Å²) in [7, 11) is 1.95. The predicted molar refractivity (Wildman–Crippen MR) is 87.3 cm³/mol. The molecule has 1 saturated heterocycles. The number of rotatable bonds is 6. The van der Waals surface area contributed by atoms with Gasteiger partial charge in [0.1, 0.15) is 11.9 Å². The molecule has 0 unspecified atom stereocenters. The molecule has 0 spiro atoms. The summed E-state index contributed by atoms with van der Waals surface area (Å²) in [5.41, 5.74) is 3.24. The molecule has 3 rings (SSSR count). The zero-order valence-corrected chi connectivity index (χ0v) is 14.0. The molecule has 0 radical (unpaired) electrons. The molecule has 2 aromatic heterocycles. The third-order valence-corrected chi connectivity index (χ3v) is 4.63. The largest absolute Gasteiger partial charge is 0.394 e. The maximum Gasteiger partial charge on any atom is 0.127 e. The van der Waals surface area contributed by atoms with Crippen LogP contribution in [-0.2, 0) is 18.3 Å². The van der Waals surface area contributed by atoms with Crippen molar-refractivity contribution in [2.75, 3.05) is 25.1 Å². The second-order valence-corrected chi connectivity index (χ2v) is 6.11. The van der Waals surface area contributed by atoms with E-state index in [-0.39, 0.29) is 12.7 Å². The Kier molecular flexibility index (Phi) is 4.68. The average Bonchev–Trinajstić information content (AvgIpc) is 3.20. The lowest BCUT2D eigenvalue weighted by Crippen LogP contribution is -2.21. The van der Waals surface area contributed by atoms with Crippen LogP contribution in [0.5, 0.6) is 0 Å². The van der Waals surface area contributed by atoms with Gasteiger partial charge in [-0.1, -0.05) is 0 Å². The lowest BCUT2D eigenvalue weighted by Gasteiger charge is -2.20. The van der Waals surface area contributed by atoms with Crippen LogP contribution in [0.25, 0.3) is 0 Å². The van der Waals surface area contributed by atoms with Crippen molar-refractivity contribution in [2.45, 2.75) is 32.9 Å². The molecule has 1 aliphatic rings. The van der Waals surface area contributed by atoms with E-state index in [1.165, 1.54) is 0 Å². The number of aliphatic hydroxyl groups is 1. The zero-order valence-electron chi connectivity index (χ0n) is 14.0. The van der Waals surface area contributed by atoms with E-state index in [1.54, 1.807) is 0 Å². The Morgan fingerprint density at radius 2 is 2.26 bits per heavy atom. The van der Waals surface area contributed by atoms with Crippen molar-refractivity contribution >= 4 is 5.82 Å². The van der Waals surface area contributed by atoms with Crippen LogP contribution in [0.15, 0.2) is 12.3 Å². The predicted octanol–water partition coefficient (Wildman–Crippen LogP) is 1.42. The Hall–Kier alpha value is -1.86. The molecule has 0 saturated carbocycles. The first-order valence-electron chi connectivity index (χ1n) is 8.10. The van der Waals surface area contributed by atoms with Gasteiger partial charge in [0.15, 0.2) is 0 Å². The molecule has 0 aliphatic carbocycles. The number of nitrogens with zero attached hydrogens (tertiary/aromatic N) is 4. The quantitative estimate of drug-likeness (QED) is 0.842. The fraction of sp³-hybridized carbons (Fsp3) is 0.625. The van der Waals surface area contributed by atoms with Crippen LogP contribution in [0.1, 0.15) is 29.5 Å². The summed E-state index contributed by atoms with van der Waals surface area (Å²) in [4.78, 5) is 0. The van der Waals surface area contributed by atoms with Gasteiger partial charge < -0.3 is 15.2 Å². The second kappa shape index (κ2) is 6.72. The summed E-state index contributed by atoms with van der Waals surface area (Å²) in [5, 5.41) is 21.4. The minimum Gasteiger partial charge on any atom is -0.394 e. The standard InChI is InChI=1S/C16H25N5O2/c1-11-12(2)19-21(7-8-22)16(11)17-10-13-5-9-23-15(13)14-4-6-18-20(14)3/h4,6,13,15,17,22H,5,7-10H2,1-3H3/t13-,15+/m0/s1. The van der Waals surface area contributed by atoms with Gasteiger partial charge in [-0.3, -0.25) is 4.68 Å². The molecule has 2 aromatic rings. The number of aliphatic hydroxyl groups excluding tert-OH is 1. The number of aryl methyl sites for hydroxylation is 2. The highest BCUT2D eigenvalue weighted by Gasteiger charge is 2.31. The van der Waals surface area contributed by atoms with Gasteiger partial charge in [0.05, 0.1) is 24.5 Å². The van der Waals surface area contributed by atoms with Gasteiger partial charge in [0.2, 0.25) is 0 Å². The van der Waals surface area contributed by atoms with E-state index in [0.717, 1.165) is 42.3 Å². The topological polar surface area (TPSA) is 77.1 Å². The summed E-state index contributed by atoms with van der Waals surface area (Å²) in [5.74, 6) is 1.38. The van der Waals surface area contributed by atoms with Gasteiger partial charge in [0, 0.05) is 37.9 Å². The van der Waals surface area contributed by atoms with Crippen molar-refractivity contribution in [3.8, 4) is 0 Å². The molecule has 7 heteroatoms. The molecule has 1 fully saturated rings. The monoisotopic (exact) mass is 319 g/mol. The summed E-state index contributed by atoms with van der Waals surface area (Å²) in [6.45, 7) is 6.22. The molecule has 1 aliphatic heterocycles.